The minimum atomic E-state index is -1.45. The summed E-state index contributed by atoms with van der Waals surface area (Å²) in [7, 11) is 1.52. The van der Waals surface area contributed by atoms with Gasteiger partial charge in [0.2, 0.25) is 0 Å². The van der Waals surface area contributed by atoms with Gasteiger partial charge in [0.05, 0.1) is 7.11 Å². The van der Waals surface area contributed by atoms with Crippen molar-refractivity contribution in [3.05, 3.63) is 34.9 Å². The molecule has 5 heteroatoms. The number of hydrogen-bond acceptors (Lipinski definition) is 3. The van der Waals surface area contributed by atoms with Gasteiger partial charge < -0.3 is 14.9 Å². The fourth-order valence-corrected chi connectivity index (χ4v) is 1.73. The molecule has 18 heavy (non-hydrogen) atoms. The summed E-state index contributed by atoms with van der Waals surface area (Å²) in [5.41, 5.74) is 0.931. The van der Waals surface area contributed by atoms with Gasteiger partial charge >= 0.3 is 11.9 Å². The third kappa shape index (κ3) is 2.68. The third-order valence-electron chi connectivity index (χ3n) is 2.64. The van der Waals surface area contributed by atoms with Gasteiger partial charge in [-0.05, 0) is 42.7 Å². The van der Waals surface area contributed by atoms with Crippen molar-refractivity contribution in [3.63, 3.8) is 0 Å². The molecule has 0 atom stereocenters. The fraction of sp³-hybridized carbons (Fsp3) is 0.231. The molecule has 0 heterocycles. The molecule has 0 aromatic heterocycles. The monoisotopic (exact) mass is 250 g/mol. The molecule has 0 aliphatic heterocycles. The van der Waals surface area contributed by atoms with Crippen molar-refractivity contribution in [2.75, 3.05) is 7.11 Å². The fourth-order valence-electron chi connectivity index (χ4n) is 1.73. The summed E-state index contributed by atoms with van der Waals surface area (Å²) >= 11 is 0. The van der Waals surface area contributed by atoms with Gasteiger partial charge in [0, 0.05) is 0 Å². The van der Waals surface area contributed by atoms with Crippen LogP contribution < -0.4 is 4.74 Å². The Balaban J connectivity index is 3.40. The van der Waals surface area contributed by atoms with E-state index in [0.717, 1.165) is 5.56 Å². The lowest BCUT2D eigenvalue weighted by Crippen LogP contribution is -2.13. The molecule has 0 amide bonds. The molecule has 0 aliphatic rings. The van der Waals surface area contributed by atoms with Crippen molar-refractivity contribution in [3.8, 4) is 5.75 Å². The smallest absolute Gasteiger partial charge is 0.343 e. The SMILES string of the molecule is COc1ccc(C(C)=C(C(=O)O)C(=O)O)c(C)c1. The number of aliphatic carboxylic acids is 2. The lowest BCUT2D eigenvalue weighted by Gasteiger charge is -2.10. The highest BCUT2D eigenvalue weighted by molar-refractivity contribution is 6.18. The lowest BCUT2D eigenvalue weighted by molar-refractivity contribution is -0.140. The average molecular weight is 250 g/mol. The molecule has 0 aliphatic carbocycles. The second-order valence-corrected chi connectivity index (χ2v) is 3.79. The minimum absolute atomic E-state index is 0.218. The van der Waals surface area contributed by atoms with Crippen LogP contribution in [0.25, 0.3) is 5.57 Å². The highest BCUT2D eigenvalue weighted by atomic mass is 16.5. The van der Waals surface area contributed by atoms with E-state index < -0.39 is 17.5 Å². The zero-order valence-corrected chi connectivity index (χ0v) is 10.4. The van der Waals surface area contributed by atoms with Gasteiger partial charge in [-0.25, -0.2) is 9.59 Å². The lowest BCUT2D eigenvalue weighted by atomic mass is 9.97. The first-order valence-corrected chi connectivity index (χ1v) is 5.21. The Bertz CT molecular complexity index is 512. The first-order chi connectivity index (χ1) is 8.38. The van der Waals surface area contributed by atoms with E-state index in [1.54, 1.807) is 25.1 Å². The van der Waals surface area contributed by atoms with Crippen LogP contribution in [0.3, 0.4) is 0 Å². The Morgan fingerprint density at radius 3 is 2.11 bits per heavy atom. The van der Waals surface area contributed by atoms with E-state index in [0.29, 0.717) is 11.3 Å². The summed E-state index contributed by atoms with van der Waals surface area (Å²) in [5.74, 6) is -2.26. The number of allylic oxidation sites excluding steroid dienone is 1. The van der Waals surface area contributed by atoms with Gasteiger partial charge in [-0.15, -0.1) is 0 Å². The Morgan fingerprint density at radius 1 is 1.17 bits per heavy atom. The zero-order valence-electron chi connectivity index (χ0n) is 10.4. The van der Waals surface area contributed by atoms with Gasteiger partial charge in [0.15, 0.2) is 0 Å². The Kier molecular flexibility index (Phi) is 4.09. The summed E-state index contributed by atoms with van der Waals surface area (Å²) < 4.78 is 5.04. The Hall–Kier alpha value is -2.30. The van der Waals surface area contributed by atoms with Crippen LogP contribution in [0.1, 0.15) is 18.1 Å². The molecule has 0 spiro atoms. The van der Waals surface area contributed by atoms with Gasteiger partial charge in [-0.2, -0.15) is 0 Å². The number of carboxylic acids is 2. The zero-order chi connectivity index (χ0) is 13.9. The van der Waals surface area contributed by atoms with Crippen LogP contribution in [0, 0.1) is 6.92 Å². The quantitative estimate of drug-likeness (QED) is 0.484. The molecule has 0 saturated carbocycles. The van der Waals surface area contributed by atoms with E-state index >= 15 is 0 Å². The van der Waals surface area contributed by atoms with Crippen LogP contribution in [-0.2, 0) is 9.59 Å². The maximum Gasteiger partial charge on any atom is 0.343 e. The van der Waals surface area contributed by atoms with E-state index in [9.17, 15) is 9.59 Å². The minimum Gasteiger partial charge on any atom is -0.497 e. The second-order valence-electron chi connectivity index (χ2n) is 3.79. The van der Waals surface area contributed by atoms with Crippen LogP contribution in [0.2, 0.25) is 0 Å². The van der Waals surface area contributed by atoms with Gasteiger partial charge in [0.1, 0.15) is 11.3 Å². The molecule has 2 N–H and O–H groups in total. The molecule has 0 unspecified atom stereocenters. The van der Waals surface area contributed by atoms with E-state index in [1.807, 2.05) is 0 Å². The van der Waals surface area contributed by atoms with Crippen molar-refractivity contribution < 1.29 is 24.5 Å². The first-order valence-electron chi connectivity index (χ1n) is 5.21. The highest BCUT2D eigenvalue weighted by Crippen LogP contribution is 2.25. The van der Waals surface area contributed by atoms with E-state index in [1.165, 1.54) is 14.0 Å². The molecule has 0 fully saturated rings. The first kappa shape index (κ1) is 13.8. The topological polar surface area (TPSA) is 83.8 Å². The number of rotatable bonds is 4. The van der Waals surface area contributed by atoms with Crippen molar-refractivity contribution in [1.82, 2.24) is 0 Å². The maximum absolute atomic E-state index is 10.9. The summed E-state index contributed by atoms with van der Waals surface area (Å²) in [5, 5.41) is 17.8. The second kappa shape index (κ2) is 5.35. The van der Waals surface area contributed by atoms with E-state index in [-0.39, 0.29) is 5.57 Å². The summed E-state index contributed by atoms with van der Waals surface area (Å²) in [6.45, 7) is 3.25. The van der Waals surface area contributed by atoms with E-state index in [2.05, 4.69) is 0 Å². The molecule has 0 bridgehead atoms. The average Bonchev–Trinajstić information content (AvgIpc) is 2.27. The predicted octanol–water partition coefficient (Wildman–Crippen LogP) is 1.95. The Labute approximate surface area is 104 Å². The van der Waals surface area contributed by atoms with Crippen LogP contribution >= 0.6 is 0 Å². The molecule has 1 rings (SSSR count). The largest absolute Gasteiger partial charge is 0.497 e. The Morgan fingerprint density at radius 2 is 1.72 bits per heavy atom. The highest BCUT2D eigenvalue weighted by Gasteiger charge is 2.21. The molecule has 1 aromatic rings. The number of carboxylic acid groups (broad SMARTS) is 2. The van der Waals surface area contributed by atoms with Crippen molar-refractivity contribution in [2.45, 2.75) is 13.8 Å². The summed E-state index contributed by atoms with van der Waals surface area (Å²) in [4.78, 5) is 21.9. The molecule has 0 radical (unpaired) electrons. The van der Waals surface area contributed by atoms with Crippen LogP contribution in [0.5, 0.6) is 5.75 Å². The molecule has 1 aromatic carbocycles. The molecule has 5 nitrogen and oxygen atoms in total. The third-order valence-corrected chi connectivity index (χ3v) is 2.64. The van der Waals surface area contributed by atoms with Gasteiger partial charge in [0.25, 0.3) is 0 Å². The summed E-state index contributed by atoms with van der Waals surface area (Å²) in [6.07, 6.45) is 0. The standard InChI is InChI=1S/C13H14O5/c1-7-6-9(18-3)4-5-10(7)8(2)11(12(14)15)13(16)17/h4-6H,1-3H3,(H,14,15)(H,16,17). The number of aryl methyl sites for hydroxylation is 1. The molecule has 0 saturated heterocycles. The van der Waals surface area contributed by atoms with Gasteiger partial charge in [-0.3, -0.25) is 0 Å². The molecular weight excluding hydrogens is 236 g/mol. The van der Waals surface area contributed by atoms with E-state index in [4.69, 9.17) is 14.9 Å². The number of ether oxygens (including phenoxy) is 1. The normalized spacial score (nSPS) is 9.72. The van der Waals surface area contributed by atoms with Crippen LogP contribution in [-0.4, -0.2) is 29.3 Å². The number of benzene rings is 1. The number of methoxy groups -OCH3 is 1. The predicted molar refractivity (Wildman–Crippen MR) is 65.6 cm³/mol. The maximum atomic E-state index is 10.9. The molecule has 96 valence electrons. The van der Waals surface area contributed by atoms with Crippen molar-refractivity contribution in [1.29, 1.82) is 0 Å². The number of hydrogen-bond donors (Lipinski definition) is 2. The van der Waals surface area contributed by atoms with Crippen LogP contribution in [0.15, 0.2) is 23.8 Å². The number of carbonyl (C=O) groups is 2. The van der Waals surface area contributed by atoms with Crippen molar-refractivity contribution in [2.24, 2.45) is 0 Å². The molecular formula is C13H14O5. The van der Waals surface area contributed by atoms with Crippen molar-refractivity contribution >= 4 is 17.5 Å². The van der Waals surface area contributed by atoms with Gasteiger partial charge in [-0.1, -0.05) is 6.07 Å². The summed E-state index contributed by atoms with van der Waals surface area (Å²) in [6, 6.07) is 5.03. The van der Waals surface area contributed by atoms with Crippen LogP contribution in [0.4, 0.5) is 0 Å².